The van der Waals surface area contributed by atoms with Crippen molar-refractivity contribution in [3.8, 4) is 11.5 Å². The number of fused-ring (bicyclic) bond motifs is 1. The molecule has 166 valence electrons. The molecule has 0 aliphatic rings. The maximum Gasteiger partial charge on any atom is 0.335 e. The fraction of sp³-hybridized carbons (Fsp3) is 0.120. The first kappa shape index (κ1) is 21.8. The number of carbonyl (C=O) groups is 2. The van der Waals surface area contributed by atoms with Crippen molar-refractivity contribution >= 4 is 22.8 Å². The molecule has 0 bridgehead atoms. The summed E-state index contributed by atoms with van der Waals surface area (Å²) in [5, 5.41) is 9.33. The lowest BCUT2D eigenvalue weighted by atomic mass is 10.1. The molecule has 0 aliphatic heterocycles. The molecule has 1 heterocycles. The van der Waals surface area contributed by atoms with Gasteiger partial charge in [0.25, 0.3) is 5.56 Å². The van der Waals surface area contributed by atoms with Gasteiger partial charge in [-0.05, 0) is 53.6 Å². The summed E-state index contributed by atoms with van der Waals surface area (Å²) in [6, 6.07) is 18.1. The number of methoxy groups -OCH3 is 1. The van der Waals surface area contributed by atoms with E-state index in [0.29, 0.717) is 16.7 Å². The molecular formula is C25H20N2O6. The van der Waals surface area contributed by atoms with Gasteiger partial charge in [0, 0.05) is 0 Å². The van der Waals surface area contributed by atoms with E-state index in [1.54, 1.807) is 55.6 Å². The number of carboxylic acids is 1. The molecule has 0 unspecified atom stereocenters. The summed E-state index contributed by atoms with van der Waals surface area (Å²) in [5.41, 5.74) is 1.89. The Morgan fingerprint density at radius 2 is 1.61 bits per heavy atom. The first-order valence-electron chi connectivity index (χ1n) is 10.1. The zero-order chi connectivity index (χ0) is 23.4. The summed E-state index contributed by atoms with van der Waals surface area (Å²) >= 11 is 0. The molecule has 0 spiro atoms. The standard InChI is InChI=1S/C25H20N2O6/c1-32-19-8-4-16(5-9-19)12-23(28)33-20-10-11-22-21(13-20)24(29)27(15-26-22)14-17-2-6-18(7-3-17)25(30)31/h2-11,13,15H,12,14H2,1H3,(H,30,31). The number of nitrogens with zero attached hydrogens (tertiary/aromatic N) is 2. The summed E-state index contributed by atoms with van der Waals surface area (Å²) in [7, 11) is 1.57. The first-order chi connectivity index (χ1) is 15.9. The minimum Gasteiger partial charge on any atom is -0.497 e. The number of aromatic nitrogens is 2. The molecule has 1 aromatic heterocycles. The molecule has 4 aromatic rings. The molecule has 33 heavy (non-hydrogen) atoms. The van der Waals surface area contributed by atoms with Crippen LogP contribution in [0, 0.1) is 0 Å². The van der Waals surface area contributed by atoms with Gasteiger partial charge in [-0.25, -0.2) is 9.78 Å². The number of hydrogen-bond donors (Lipinski definition) is 1. The Kier molecular flexibility index (Phi) is 6.17. The van der Waals surface area contributed by atoms with Crippen LogP contribution in [-0.2, 0) is 17.8 Å². The molecule has 1 N–H and O–H groups in total. The van der Waals surface area contributed by atoms with Crippen molar-refractivity contribution in [2.24, 2.45) is 0 Å². The van der Waals surface area contributed by atoms with Gasteiger partial charge in [-0.2, -0.15) is 0 Å². The summed E-state index contributed by atoms with van der Waals surface area (Å²) in [6.07, 6.45) is 1.51. The lowest BCUT2D eigenvalue weighted by Gasteiger charge is -2.09. The van der Waals surface area contributed by atoms with Crippen LogP contribution in [0.15, 0.2) is 77.9 Å². The van der Waals surface area contributed by atoms with E-state index >= 15 is 0 Å². The van der Waals surface area contributed by atoms with E-state index in [0.717, 1.165) is 11.1 Å². The van der Waals surface area contributed by atoms with Gasteiger partial charge in [-0.3, -0.25) is 14.2 Å². The Balaban J connectivity index is 1.52. The van der Waals surface area contributed by atoms with Crippen LogP contribution in [0.25, 0.3) is 10.9 Å². The maximum atomic E-state index is 13.0. The van der Waals surface area contributed by atoms with Gasteiger partial charge in [0.1, 0.15) is 11.5 Å². The van der Waals surface area contributed by atoms with Crippen molar-refractivity contribution in [1.29, 1.82) is 0 Å². The highest BCUT2D eigenvalue weighted by molar-refractivity contribution is 5.87. The van der Waals surface area contributed by atoms with Crippen LogP contribution in [0.3, 0.4) is 0 Å². The van der Waals surface area contributed by atoms with Crippen LogP contribution in [-0.4, -0.2) is 33.7 Å². The van der Waals surface area contributed by atoms with Gasteiger partial charge in [-0.15, -0.1) is 0 Å². The zero-order valence-corrected chi connectivity index (χ0v) is 17.7. The Morgan fingerprint density at radius 3 is 2.27 bits per heavy atom. The van der Waals surface area contributed by atoms with E-state index in [9.17, 15) is 14.4 Å². The van der Waals surface area contributed by atoms with Crippen LogP contribution < -0.4 is 15.0 Å². The Morgan fingerprint density at radius 1 is 0.939 bits per heavy atom. The number of carboxylic acid groups (broad SMARTS) is 1. The largest absolute Gasteiger partial charge is 0.497 e. The molecule has 0 saturated heterocycles. The lowest BCUT2D eigenvalue weighted by molar-refractivity contribution is -0.133. The molecule has 0 saturated carbocycles. The SMILES string of the molecule is COc1ccc(CC(=O)Oc2ccc3ncn(Cc4ccc(C(=O)O)cc4)c(=O)c3c2)cc1. The van der Waals surface area contributed by atoms with Gasteiger partial charge < -0.3 is 14.6 Å². The molecule has 0 atom stereocenters. The van der Waals surface area contributed by atoms with Crippen molar-refractivity contribution in [3.05, 3.63) is 100 Å². The lowest BCUT2D eigenvalue weighted by Crippen LogP contribution is -2.21. The topological polar surface area (TPSA) is 108 Å². The molecule has 0 fully saturated rings. The van der Waals surface area contributed by atoms with Crippen LogP contribution >= 0.6 is 0 Å². The summed E-state index contributed by atoms with van der Waals surface area (Å²) in [5.74, 6) is -0.519. The van der Waals surface area contributed by atoms with Gasteiger partial charge in [0.2, 0.25) is 0 Å². The first-order valence-corrected chi connectivity index (χ1v) is 10.1. The molecular weight excluding hydrogens is 424 g/mol. The van der Waals surface area contributed by atoms with Gasteiger partial charge >= 0.3 is 11.9 Å². The third-order valence-electron chi connectivity index (χ3n) is 5.09. The van der Waals surface area contributed by atoms with Crippen LogP contribution in [0.2, 0.25) is 0 Å². The Hall–Kier alpha value is -4.46. The van der Waals surface area contributed by atoms with E-state index in [4.69, 9.17) is 14.6 Å². The quantitative estimate of drug-likeness (QED) is 0.344. The van der Waals surface area contributed by atoms with Crippen LogP contribution in [0.4, 0.5) is 0 Å². The fourth-order valence-corrected chi connectivity index (χ4v) is 3.34. The number of hydrogen-bond acceptors (Lipinski definition) is 6. The van der Waals surface area contributed by atoms with Gasteiger partial charge in [-0.1, -0.05) is 24.3 Å². The van der Waals surface area contributed by atoms with Crippen molar-refractivity contribution in [2.45, 2.75) is 13.0 Å². The minimum atomic E-state index is -1.01. The maximum absolute atomic E-state index is 13.0. The fourth-order valence-electron chi connectivity index (χ4n) is 3.34. The van der Waals surface area contributed by atoms with E-state index in [-0.39, 0.29) is 29.8 Å². The van der Waals surface area contributed by atoms with Gasteiger partial charge in [0.15, 0.2) is 0 Å². The molecule has 3 aromatic carbocycles. The molecule has 4 rings (SSSR count). The number of benzene rings is 3. The number of esters is 1. The molecule has 8 heteroatoms. The highest BCUT2D eigenvalue weighted by Crippen LogP contribution is 2.18. The number of aromatic carboxylic acids is 1. The second kappa shape index (κ2) is 9.35. The predicted octanol–water partition coefficient (Wildman–Crippen LogP) is 3.30. The third kappa shape index (κ3) is 5.07. The average molecular weight is 444 g/mol. The van der Waals surface area contributed by atoms with Crippen molar-refractivity contribution < 1.29 is 24.2 Å². The van der Waals surface area contributed by atoms with Crippen LogP contribution in [0.1, 0.15) is 21.5 Å². The highest BCUT2D eigenvalue weighted by atomic mass is 16.5. The Labute approximate surface area is 188 Å². The highest BCUT2D eigenvalue weighted by Gasteiger charge is 2.11. The summed E-state index contributed by atoms with van der Waals surface area (Å²) < 4.78 is 12.0. The number of carbonyl (C=O) groups excluding carboxylic acids is 1. The van der Waals surface area contributed by atoms with E-state index < -0.39 is 11.9 Å². The molecule has 0 radical (unpaired) electrons. The molecule has 8 nitrogen and oxygen atoms in total. The molecule has 0 amide bonds. The second-order valence-electron chi connectivity index (χ2n) is 7.36. The van der Waals surface area contributed by atoms with E-state index in [1.165, 1.54) is 29.1 Å². The predicted molar refractivity (Wildman–Crippen MR) is 121 cm³/mol. The normalized spacial score (nSPS) is 10.7. The molecule has 0 aliphatic carbocycles. The van der Waals surface area contributed by atoms with E-state index in [2.05, 4.69) is 4.98 Å². The third-order valence-corrected chi connectivity index (χ3v) is 5.09. The van der Waals surface area contributed by atoms with Crippen molar-refractivity contribution in [3.63, 3.8) is 0 Å². The van der Waals surface area contributed by atoms with Gasteiger partial charge in [0.05, 0.1) is 42.9 Å². The van der Waals surface area contributed by atoms with E-state index in [1.807, 2.05) is 0 Å². The summed E-state index contributed by atoms with van der Waals surface area (Å²) in [6.45, 7) is 0.225. The number of rotatable bonds is 7. The monoisotopic (exact) mass is 444 g/mol. The number of ether oxygens (including phenoxy) is 2. The summed E-state index contributed by atoms with van der Waals surface area (Å²) in [4.78, 5) is 40.6. The van der Waals surface area contributed by atoms with Crippen molar-refractivity contribution in [1.82, 2.24) is 9.55 Å². The van der Waals surface area contributed by atoms with Crippen molar-refractivity contribution in [2.75, 3.05) is 7.11 Å². The Bertz CT molecular complexity index is 1380. The average Bonchev–Trinajstić information content (AvgIpc) is 2.82. The van der Waals surface area contributed by atoms with Crippen LogP contribution in [0.5, 0.6) is 11.5 Å². The smallest absolute Gasteiger partial charge is 0.335 e. The zero-order valence-electron chi connectivity index (χ0n) is 17.7. The second-order valence-corrected chi connectivity index (χ2v) is 7.36. The minimum absolute atomic E-state index is 0.0750.